The van der Waals surface area contributed by atoms with Crippen LogP contribution in [0.1, 0.15) is 45.0 Å². The van der Waals surface area contributed by atoms with Gasteiger partial charge in [-0.2, -0.15) is 0 Å². The summed E-state index contributed by atoms with van der Waals surface area (Å²) in [5, 5.41) is 0. The Hall–Kier alpha value is -1.18. The van der Waals surface area contributed by atoms with Gasteiger partial charge >= 0.3 is 0 Å². The molecule has 0 amide bonds. The fourth-order valence-corrected chi connectivity index (χ4v) is 0.930. The number of ketones is 1. The zero-order valence-corrected chi connectivity index (χ0v) is 9.66. The molecule has 0 atom stereocenters. The third-order valence-electron chi connectivity index (χ3n) is 1.60. The Kier molecular flexibility index (Phi) is 5.06. The monoisotopic (exact) mass is 193 g/mol. The lowest BCUT2D eigenvalue weighted by atomic mass is 9.87. The van der Waals surface area contributed by atoms with Crippen LogP contribution in [0.4, 0.5) is 0 Å². The maximum absolute atomic E-state index is 11.6. The van der Waals surface area contributed by atoms with Crippen molar-refractivity contribution in [2.45, 2.75) is 34.6 Å². The Morgan fingerprint density at radius 3 is 2.21 bits per heavy atom. The van der Waals surface area contributed by atoms with E-state index in [1.165, 1.54) is 0 Å². The van der Waals surface area contributed by atoms with Crippen molar-refractivity contribution >= 4 is 5.78 Å². The molecule has 2 heteroatoms. The quantitative estimate of drug-likeness (QED) is 0.640. The SMILES string of the molecule is CC.CC(C)(C)C(=O)c1cccnc1. The second kappa shape index (κ2) is 5.53. The standard InChI is InChI=1S/C10H13NO.C2H6/c1-10(2,3)9(12)8-5-4-6-11-7-8;1-2/h4-7H,1-3H3;1-2H3. The summed E-state index contributed by atoms with van der Waals surface area (Å²) in [4.78, 5) is 15.5. The normalized spacial score (nSPS) is 10.1. The summed E-state index contributed by atoms with van der Waals surface area (Å²) in [6.45, 7) is 9.72. The topological polar surface area (TPSA) is 30.0 Å². The van der Waals surface area contributed by atoms with Gasteiger partial charge in [0.05, 0.1) is 0 Å². The zero-order chi connectivity index (χ0) is 11.2. The van der Waals surface area contributed by atoms with E-state index in [0.717, 1.165) is 0 Å². The summed E-state index contributed by atoms with van der Waals surface area (Å²) in [6, 6.07) is 3.57. The number of nitrogens with zero attached hydrogens (tertiary/aromatic N) is 1. The lowest BCUT2D eigenvalue weighted by molar-refractivity contribution is 0.0858. The Bertz CT molecular complexity index is 272. The predicted molar refractivity (Wildman–Crippen MR) is 59.4 cm³/mol. The molecule has 2 nitrogen and oxygen atoms in total. The molecule has 0 N–H and O–H groups in total. The van der Waals surface area contributed by atoms with E-state index < -0.39 is 0 Å². The van der Waals surface area contributed by atoms with Gasteiger partial charge < -0.3 is 0 Å². The molecule has 0 spiro atoms. The first-order valence-corrected chi connectivity index (χ1v) is 4.96. The third kappa shape index (κ3) is 3.69. The molecule has 0 fully saturated rings. The Labute approximate surface area is 86.4 Å². The van der Waals surface area contributed by atoms with Crippen LogP contribution >= 0.6 is 0 Å². The van der Waals surface area contributed by atoms with Crippen LogP contribution < -0.4 is 0 Å². The van der Waals surface area contributed by atoms with Gasteiger partial charge in [0, 0.05) is 23.4 Å². The number of pyridine rings is 1. The maximum Gasteiger partial charge on any atom is 0.169 e. The lowest BCUT2D eigenvalue weighted by Gasteiger charge is -2.15. The van der Waals surface area contributed by atoms with Gasteiger partial charge in [0.25, 0.3) is 0 Å². The van der Waals surface area contributed by atoms with Crippen LogP contribution in [-0.4, -0.2) is 10.8 Å². The van der Waals surface area contributed by atoms with E-state index in [-0.39, 0.29) is 11.2 Å². The first-order valence-electron chi connectivity index (χ1n) is 4.96. The van der Waals surface area contributed by atoms with Gasteiger partial charge in [-0.3, -0.25) is 9.78 Å². The van der Waals surface area contributed by atoms with Crippen molar-refractivity contribution in [2.24, 2.45) is 5.41 Å². The molecule has 0 aromatic carbocycles. The highest BCUT2D eigenvalue weighted by molar-refractivity contribution is 5.99. The van der Waals surface area contributed by atoms with Crippen LogP contribution in [0.15, 0.2) is 24.5 Å². The molecule has 1 aromatic rings. The number of carbonyl (C=O) groups excluding carboxylic acids is 1. The van der Waals surface area contributed by atoms with Crippen molar-refractivity contribution in [1.82, 2.24) is 4.98 Å². The third-order valence-corrected chi connectivity index (χ3v) is 1.60. The molecular formula is C12H19NO. The summed E-state index contributed by atoms with van der Waals surface area (Å²) in [7, 11) is 0. The predicted octanol–water partition coefficient (Wildman–Crippen LogP) is 3.34. The largest absolute Gasteiger partial charge is 0.294 e. The molecular weight excluding hydrogens is 174 g/mol. The Morgan fingerprint density at radius 2 is 1.86 bits per heavy atom. The summed E-state index contributed by atoms with van der Waals surface area (Å²) in [6.07, 6.45) is 3.27. The summed E-state index contributed by atoms with van der Waals surface area (Å²) < 4.78 is 0. The van der Waals surface area contributed by atoms with Crippen molar-refractivity contribution in [2.75, 3.05) is 0 Å². The lowest BCUT2D eigenvalue weighted by Crippen LogP contribution is -2.20. The van der Waals surface area contributed by atoms with E-state index in [4.69, 9.17) is 0 Å². The number of Topliss-reactive ketones (excluding diaryl/α,β-unsaturated/α-hetero) is 1. The van der Waals surface area contributed by atoms with E-state index >= 15 is 0 Å². The molecule has 0 aliphatic rings. The average Bonchev–Trinajstić information content (AvgIpc) is 2.20. The zero-order valence-electron chi connectivity index (χ0n) is 9.66. The molecule has 1 rings (SSSR count). The van der Waals surface area contributed by atoms with Crippen LogP contribution in [0.25, 0.3) is 0 Å². The summed E-state index contributed by atoms with van der Waals surface area (Å²) >= 11 is 0. The van der Waals surface area contributed by atoms with Crippen LogP contribution in [0.2, 0.25) is 0 Å². The highest BCUT2D eigenvalue weighted by Gasteiger charge is 2.22. The molecule has 0 unspecified atom stereocenters. The first kappa shape index (κ1) is 12.8. The Morgan fingerprint density at radius 1 is 1.29 bits per heavy atom. The van der Waals surface area contributed by atoms with Crippen molar-refractivity contribution in [1.29, 1.82) is 0 Å². The van der Waals surface area contributed by atoms with E-state index in [9.17, 15) is 4.79 Å². The number of hydrogen-bond acceptors (Lipinski definition) is 2. The minimum Gasteiger partial charge on any atom is -0.294 e. The van der Waals surface area contributed by atoms with E-state index in [2.05, 4.69) is 4.98 Å². The van der Waals surface area contributed by atoms with Crippen molar-refractivity contribution in [3.63, 3.8) is 0 Å². The van der Waals surface area contributed by atoms with Gasteiger partial charge in [0.15, 0.2) is 5.78 Å². The van der Waals surface area contributed by atoms with Crippen LogP contribution in [0.3, 0.4) is 0 Å². The van der Waals surface area contributed by atoms with E-state index in [1.54, 1.807) is 24.5 Å². The van der Waals surface area contributed by atoms with Crippen molar-refractivity contribution in [3.05, 3.63) is 30.1 Å². The molecule has 0 saturated carbocycles. The molecule has 1 heterocycles. The van der Waals surface area contributed by atoms with Crippen LogP contribution in [-0.2, 0) is 0 Å². The van der Waals surface area contributed by atoms with Crippen molar-refractivity contribution in [3.8, 4) is 0 Å². The highest BCUT2D eigenvalue weighted by Crippen LogP contribution is 2.19. The molecule has 0 saturated heterocycles. The average molecular weight is 193 g/mol. The maximum atomic E-state index is 11.6. The van der Waals surface area contributed by atoms with Gasteiger partial charge in [-0.15, -0.1) is 0 Å². The summed E-state index contributed by atoms with van der Waals surface area (Å²) in [5.74, 6) is 0.135. The number of carbonyl (C=O) groups is 1. The molecule has 0 radical (unpaired) electrons. The number of hydrogen-bond donors (Lipinski definition) is 0. The first-order chi connectivity index (χ1) is 6.52. The van der Waals surface area contributed by atoms with E-state index in [1.807, 2.05) is 34.6 Å². The van der Waals surface area contributed by atoms with E-state index in [0.29, 0.717) is 5.56 Å². The van der Waals surface area contributed by atoms with Gasteiger partial charge in [-0.25, -0.2) is 0 Å². The van der Waals surface area contributed by atoms with Gasteiger partial charge in [0.2, 0.25) is 0 Å². The smallest absolute Gasteiger partial charge is 0.169 e. The Balaban J connectivity index is 0.000000791. The van der Waals surface area contributed by atoms with Gasteiger partial charge in [-0.05, 0) is 12.1 Å². The van der Waals surface area contributed by atoms with Crippen LogP contribution in [0, 0.1) is 5.41 Å². The van der Waals surface area contributed by atoms with Crippen LogP contribution in [0.5, 0.6) is 0 Å². The fourth-order valence-electron chi connectivity index (χ4n) is 0.930. The number of rotatable bonds is 1. The van der Waals surface area contributed by atoms with Crippen molar-refractivity contribution < 1.29 is 4.79 Å². The molecule has 78 valence electrons. The van der Waals surface area contributed by atoms with Gasteiger partial charge in [-0.1, -0.05) is 34.6 Å². The molecule has 0 aliphatic heterocycles. The minimum absolute atomic E-state index is 0.135. The second-order valence-electron chi connectivity index (χ2n) is 3.82. The fraction of sp³-hybridized carbons (Fsp3) is 0.500. The van der Waals surface area contributed by atoms with Gasteiger partial charge in [0.1, 0.15) is 0 Å². The minimum atomic E-state index is -0.316. The molecule has 0 aliphatic carbocycles. The summed E-state index contributed by atoms with van der Waals surface area (Å²) in [5.41, 5.74) is 0.369. The molecule has 0 bridgehead atoms. The number of aromatic nitrogens is 1. The second-order valence-corrected chi connectivity index (χ2v) is 3.82. The molecule has 1 aromatic heterocycles. The highest BCUT2D eigenvalue weighted by atomic mass is 16.1. The molecule has 14 heavy (non-hydrogen) atoms.